The number of hydrogen-bond acceptors (Lipinski definition) is 3. The van der Waals surface area contributed by atoms with Gasteiger partial charge in [0.15, 0.2) is 0 Å². The fourth-order valence-corrected chi connectivity index (χ4v) is 1.19. The topological polar surface area (TPSA) is 83.8 Å². The number of nitrogens with zero attached hydrogens (tertiary/aromatic N) is 1. The Labute approximate surface area is 102 Å². The molecule has 1 heterocycles. The summed E-state index contributed by atoms with van der Waals surface area (Å²) in [6.45, 7) is 5.75. The number of amides is 1. The van der Waals surface area contributed by atoms with Gasteiger partial charge in [0.25, 0.3) is 0 Å². The molecule has 1 unspecified atom stereocenters. The largest absolute Gasteiger partial charge is 0.348 e. The lowest BCUT2D eigenvalue weighted by Gasteiger charge is -2.18. The lowest BCUT2D eigenvalue weighted by molar-refractivity contribution is -0.123. The number of carbonyl (C=O) groups is 1. The monoisotopic (exact) mass is 246 g/mol. The molecule has 0 aliphatic carbocycles. The van der Waals surface area contributed by atoms with Crippen LogP contribution in [0, 0.1) is 5.92 Å². The molecule has 0 bridgehead atoms. The molecule has 1 aromatic heterocycles. The molecule has 5 nitrogen and oxygen atoms in total. The van der Waals surface area contributed by atoms with Crippen molar-refractivity contribution in [2.24, 2.45) is 11.7 Å². The summed E-state index contributed by atoms with van der Waals surface area (Å²) in [4.78, 5) is 11.6. The van der Waals surface area contributed by atoms with Crippen LogP contribution in [0.2, 0.25) is 0 Å². The zero-order valence-corrected chi connectivity index (χ0v) is 10.5. The summed E-state index contributed by atoms with van der Waals surface area (Å²) in [5, 5.41) is 9.37. The van der Waals surface area contributed by atoms with Gasteiger partial charge in [-0.2, -0.15) is 5.10 Å². The van der Waals surface area contributed by atoms with Crippen molar-refractivity contribution in [2.45, 2.75) is 32.9 Å². The minimum absolute atomic E-state index is 0. The van der Waals surface area contributed by atoms with Gasteiger partial charge in [0.05, 0.1) is 18.3 Å². The average Bonchev–Trinajstić information content (AvgIpc) is 2.68. The maximum atomic E-state index is 11.6. The molecule has 0 fully saturated rings. The first-order chi connectivity index (χ1) is 7.02. The predicted octanol–water partition coefficient (Wildman–Crippen LogP) is 0.992. The maximum Gasteiger partial charge on any atom is 0.237 e. The molecule has 1 aromatic rings. The fraction of sp³-hybridized carbons (Fsp3) is 0.600. The maximum absolute atomic E-state index is 11.6. The SMILES string of the molecule is CC(NC(=O)[C@H](N)C(C)C)c1cn[nH]c1.Cl. The Balaban J connectivity index is 0.00000225. The molecule has 0 aromatic carbocycles. The van der Waals surface area contributed by atoms with Crippen LogP contribution in [0.3, 0.4) is 0 Å². The molecule has 92 valence electrons. The van der Waals surface area contributed by atoms with E-state index in [9.17, 15) is 4.79 Å². The predicted molar refractivity (Wildman–Crippen MR) is 65.2 cm³/mol. The van der Waals surface area contributed by atoms with Gasteiger partial charge in [-0.1, -0.05) is 13.8 Å². The van der Waals surface area contributed by atoms with Crippen LogP contribution in [-0.2, 0) is 4.79 Å². The third-order valence-corrected chi connectivity index (χ3v) is 2.40. The van der Waals surface area contributed by atoms with Crippen molar-refractivity contribution in [3.05, 3.63) is 18.0 Å². The number of nitrogens with two attached hydrogens (primary N) is 1. The number of aromatic amines is 1. The molecule has 0 spiro atoms. The van der Waals surface area contributed by atoms with Gasteiger partial charge in [-0.25, -0.2) is 0 Å². The highest BCUT2D eigenvalue weighted by Gasteiger charge is 2.19. The number of carbonyl (C=O) groups excluding carboxylic acids is 1. The van der Waals surface area contributed by atoms with Crippen LogP contribution in [0.4, 0.5) is 0 Å². The van der Waals surface area contributed by atoms with E-state index in [1.54, 1.807) is 12.4 Å². The number of halogens is 1. The van der Waals surface area contributed by atoms with Crippen molar-refractivity contribution >= 4 is 18.3 Å². The zero-order valence-electron chi connectivity index (χ0n) is 9.73. The first-order valence-electron chi connectivity index (χ1n) is 5.07. The van der Waals surface area contributed by atoms with Crippen LogP contribution in [-0.4, -0.2) is 22.1 Å². The van der Waals surface area contributed by atoms with Crippen LogP contribution in [0.15, 0.2) is 12.4 Å². The van der Waals surface area contributed by atoms with E-state index >= 15 is 0 Å². The summed E-state index contributed by atoms with van der Waals surface area (Å²) in [5.74, 6) is 0.0141. The van der Waals surface area contributed by atoms with Crippen LogP contribution < -0.4 is 11.1 Å². The molecule has 0 aliphatic rings. The van der Waals surface area contributed by atoms with E-state index in [1.807, 2.05) is 20.8 Å². The standard InChI is InChI=1S/C10H18N4O.ClH/c1-6(2)9(11)10(15)14-7(3)8-4-12-13-5-8;/h4-7,9H,11H2,1-3H3,(H,12,13)(H,14,15);1H/t7?,9-;/m1./s1. The van der Waals surface area contributed by atoms with Crippen LogP contribution in [0.25, 0.3) is 0 Å². The second-order valence-electron chi connectivity index (χ2n) is 4.03. The minimum Gasteiger partial charge on any atom is -0.348 e. The zero-order chi connectivity index (χ0) is 11.4. The van der Waals surface area contributed by atoms with Crippen LogP contribution in [0.1, 0.15) is 32.4 Å². The molecule has 6 heteroatoms. The summed E-state index contributed by atoms with van der Waals surface area (Å²) in [6.07, 6.45) is 3.44. The average molecular weight is 247 g/mol. The van der Waals surface area contributed by atoms with Crippen molar-refractivity contribution in [1.29, 1.82) is 0 Å². The van der Waals surface area contributed by atoms with Crippen molar-refractivity contribution in [2.75, 3.05) is 0 Å². The summed E-state index contributed by atoms with van der Waals surface area (Å²) < 4.78 is 0. The lowest BCUT2D eigenvalue weighted by Crippen LogP contribution is -2.44. The molecule has 2 atom stereocenters. The molecule has 16 heavy (non-hydrogen) atoms. The number of hydrogen-bond donors (Lipinski definition) is 3. The van der Waals surface area contributed by atoms with E-state index in [2.05, 4.69) is 15.5 Å². The Hall–Kier alpha value is -1.07. The molecular weight excluding hydrogens is 228 g/mol. The first-order valence-corrected chi connectivity index (χ1v) is 5.07. The Morgan fingerprint density at radius 3 is 2.56 bits per heavy atom. The number of nitrogens with one attached hydrogen (secondary N) is 2. The number of H-pyrrole nitrogens is 1. The fourth-order valence-electron chi connectivity index (χ4n) is 1.19. The summed E-state index contributed by atoms with van der Waals surface area (Å²) in [5.41, 5.74) is 6.67. The van der Waals surface area contributed by atoms with E-state index in [0.717, 1.165) is 5.56 Å². The van der Waals surface area contributed by atoms with Gasteiger partial charge in [-0.15, -0.1) is 12.4 Å². The van der Waals surface area contributed by atoms with Crippen molar-refractivity contribution < 1.29 is 4.79 Å². The minimum atomic E-state index is -0.459. The summed E-state index contributed by atoms with van der Waals surface area (Å²) in [6, 6.07) is -0.527. The molecule has 0 saturated heterocycles. The molecule has 1 rings (SSSR count). The molecule has 0 saturated carbocycles. The van der Waals surface area contributed by atoms with E-state index in [-0.39, 0.29) is 30.3 Å². The number of rotatable bonds is 4. The van der Waals surface area contributed by atoms with Gasteiger partial charge in [-0.05, 0) is 12.8 Å². The van der Waals surface area contributed by atoms with Crippen LogP contribution in [0.5, 0.6) is 0 Å². The summed E-state index contributed by atoms with van der Waals surface area (Å²) in [7, 11) is 0. The van der Waals surface area contributed by atoms with E-state index in [1.165, 1.54) is 0 Å². The van der Waals surface area contributed by atoms with Gasteiger partial charge >= 0.3 is 0 Å². The van der Waals surface area contributed by atoms with Crippen molar-refractivity contribution in [3.63, 3.8) is 0 Å². The quantitative estimate of drug-likeness (QED) is 0.741. The van der Waals surface area contributed by atoms with Gasteiger partial charge in [0.2, 0.25) is 5.91 Å². The third-order valence-electron chi connectivity index (χ3n) is 2.40. The van der Waals surface area contributed by atoms with Gasteiger partial charge in [0.1, 0.15) is 0 Å². The first kappa shape index (κ1) is 14.9. The Morgan fingerprint density at radius 1 is 1.50 bits per heavy atom. The highest BCUT2D eigenvalue weighted by Crippen LogP contribution is 2.09. The molecule has 0 aliphatic heterocycles. The molecular formula is C10H19ClN4O. The highest BCUT2D eigenvalue weighted by molar-refractivity contribution is 5.85. The smallest absolute Gasteiger partial charge is 0.237 e. The number of aromatic nitrogens is 2. The van der Waals surface area contributed by atoms with Crippen molar-refractivity contribution in [3.8, 4) is 0 Å². The molecule has 4 N–H and O–H groups in total. The molecule has 0 radical (unpaired) electrons. The normalized spacial score (nSPS) is 14.1. The van der Waals surface area contributed by atoms with Gasteiger partial charge in [0, 0.05) is 11.8 Å². The van der Waals surface area contributed by atoms with E-state index < -0.39 is 6.04 Å². The second-order valence-corrected chi connectivity index (χ2v) is 4.03. The summed E-state index contributed by atoms with van der Waals surface area (Å²) >= 11 is 0. The van der Waals surface area contributed by atoms with Crippen molar-refractivity contribution in [1.82, 2.24) is 15.5 Å². The molecule has 1 amide bonds. The van der Waals surface area contributed by atoms with E-state index in [4.69, 9.17) is 5.73 Å². The Bertz CT molecular complexity index is 313. The highest BCUT2D eigenvalue weighted by atomic mass is 35.5. The van der Waals surface area contributed by atoms with Gasteiger partial charge in [-0.3, -0.25) is 9.89 Å². The van der Waals surface area contributed by atoms with Gasteiger partial charge < -0.3 is 11.1 Å². The Morgan fingerprint density at radius 2 is 2.12 bits per heavy atom. The van der Waals surface area contributed by atoms with E-state index in [0.29, 0.717) is 0 Å². The second kappa shape index (κ2) is 6.50. The Kier molecular flexibility index (Phi) is 6.06. The third kappa shape index (κ3) is 3.83. The lowest BCUT2D eigenvalue weighted by atomic mass is 10.0. The van der Waals surface area contributed by atoms with Crippen LogP contribution >= 0.6 is 12.4 Å².